The van der Waals surface area contributed by atoms with Gasteiger partial charge in [0.25, 0.3) is 11.2 Å². The zero-order valence-corrected chi connectivity index (χ0v) is 12.6. The lowest BCUT2D eigenvalue weighted by molar-refractivity contribution is -0.384. The number of nitro groups is 1. The van der Waals surface area contributed by atoms with Gasteiger partial charge in [0.1, 0.15) is 9.39 Å². The molecule has 7 nitrogen and oxygen atoms in total. The van der Waals surface area contributed by atoms with Crippen LogP contribution in [0.5, 0.6) is 0 Å². The fraction of sp³-hybridized carbons (Fsp3) is 0.167. The molecule has 0 amide bonds. The van der Waals surface area contributed by atoms with Gasteiger partial charge >= 0.3 is 0 Å². The Kier molecular flexibility index (Phi) is 4.45. The number of halogens is 1. The van der Waals surface area contributed by atoms with E-state index in [-0.39, 0.29) is 23.7 Å². The molecule has 2 aromatic rings. The van der Waals surface area contributed by atoms with E-state index in [2.05, 4.69) is 9.97 Å². The summed E-state index contributed by atoms with van der Waals surface area (Å²) in [6.07, 6.45) is 0. The van der Waals surface area contributed by atoms with Crippen LogP contribution in [0.2, 0.25) is 0 Å². The molecule has 0 spiro atoms. The van der Waals surface area contributed by atoms with Gasteiger partial charge in [0.05, 0.1) is 17.2 Å². The molecule has 0 saturated carbocycles. The van der Waals surface area contributed by atoms with Crippen LogP contribution in [-0.2, 0) is 11.3 Å². The Morgan fingerprint density at radius 1 is 1.50 bits per heavy atom. The number of rotatable bonds is 4. The molecule has 104 valence electrons. The van der Waals surface area contributed by atoms with E-state index in [0.29, 0.717) is 14.8 Å². The highest BCUT2D eigenvalue weighted by Gasteiger charge is 2.12. The Bertz CT molecular complexity index is 714. The molecule has 0 aliphatic rings. The molecular formula is C12H10IN3O4. The number of hydrogen-bond donors (Lipinski definition) is 1. The number of aromatic nitrogens is 2. The minimum absolute atomic E-state index is 0.0583. The van der Waals surface area contributed by atoms with E-state index >= 15 is 0 Å². The van der Waals surface area contributed by atoms with Crippen molar-refractivity contribution in [1.82, 2.24) is 9.97 Å². The quantitative estimate of drug-likeness (QED) is 0.492. The number of ether oxygens (including phenoxy) is 1. The van der Waals surface area contributed by atoms with E-state index in [1.165, 1.54) is 19.2 Å². The van der Waals surface area contributed by atoms with Gasteiger partial charge in [0.2, 0.25) is 0 Å². The zero-order valence-electron chi connectivity index (χ0n) is 10.4. The molecule has 0 aliphatic carbocycles. The first-order valence-corrected chi connectivity index (χ1v) is 6.63. The molecule has 0 radical (unpaired) electrons. The molecule has 8 heteroatoms. The number of hydrogen-bond acceptors (Lipinski definition) is 5. The first-order chi connectivity index (χ1) is 9.52. The SMILES string of the molecule is COCc1nc(-c2cccc([N+](=O)[O-])c2)[nH]c(=O)c1I. The van der Waals surface area contributed by atoms with Gasteiger partial charge in [-0.2, -0.15) is 0 Å². The zero-order chi connectivity index (χ0) is 14.7. The van der Waals surface area contributed by atoms with Crippen molar-refractivity contribution in [2.75, 3.05) is 7.11 Å². The summed E-state index contributed by atoms with van der Waals surface area (Å²) in [7, 11) is 1.51. The number of benzene rings is 1. The third kappa shape index (κ3) is 3.02. The van der Waals surface area contributed by atoms with Crippen molar-refractivity contribution in [1.29, 1.82) is 0 Å². The molecule has 0 unspecified atom stereocenters. The minimum Gasteiger partial charge on any atom is -0.378 e. The van der Waals surface area contributed by atoms with Gasteiger partial charge in [-0.1, -0.05) is 12.1 Å². The largest absolute Gasteiger partial charge is 0.378 e. The number of nitro benzene ring substituents is 1. The van der Waals surface area contributed by atoms with Crippen LogP contribution in [0.4, 0.5) is 5.69 Å². The fourth-order valence-electron chi connectivity index (χ4n) is 1.64. The average Bonchev–Trinajstić information content (AvgIpc) is 2.44. The molecule has 1 heterocycles. The minimum atomic E-state index is -0.496. The Balaban J connectivity index is 2.55. The second-order valence-electron chi connectivity index (χ2n) is 3.92. The summed E-state index contributed by atoms with van der Waals surface area (Å²) in [5, 5.41) is 10.8. The van der Waals surface area contributed by atoms with Crippen LogP contribution in [0.1, 0.15) is 5.69 Å². The average molecular weight is 387 g/mol. The van der Waals surface area contributed by atoms with Gasteiger partial charge in [0.15, 0.2) is 0 Å². The van der Waals surface area contributed by atoms with Crippen LogP contribution < -0.4 is 5.56 Å². The molecule has 0 atom stereocenters. The molecule has 2 rings (SSSR count). The maximum absolute atomic E-state index is 11.8. The van der Waals surface area contributed by atoms with Gasteiger partial charge in [-0.05, 0) is 22.6 Å². The first-order valence-electron chi connectivity index (χ1n) is 5.55. The predicted molar refractivity (Wildman–Crippen MR) is 80.4 cm³/mol. The van der Waals surface area contributed by atoms with E-state index in [1.54, 1.807) is 12.1 Å². The summed E-state index contributed by atoms with van der Waals surface area (Å²) in [5.74, 6) is 0.283. The van der Waals surface area contributed by atoms with Gasteiger partial charge in [0, 0.05) is 24.8 Å². The van der Waals surface area contributed by atoms with Crippen LogP contribution in [0.15, 0.2) is 29.1 Å². The third-order valence-corrected chi connectivity index (χ3v) is 3.66. The summed E-state index contributed by atoms with van der Waals surface area (Å²) in [6, 6.07) is 5.93. The summed E-state index contributed by atoms with van der Waals surface area (Å²) >= 11 is 1.89. The maximum atomic E-state index is 11.8. The van der Waals surface area contributed by atoms with Crippen molar-refractivity contribution >= 4 is 28.3 Å². The molecule has 1 aromatic carbocycles. The topological polar surface area (TPSA) is 98.1 Å². The van der Waals surface area contributed by atoms with E-state index in [1.807, 2.05) is 22.6 Å². The van der Waals surface area contributed by atoms with E-state index < -0.39 is 4.92 Å². The first kappa shape index (κ1) is 14.6. The lowest BCUT2D eigenvalue weighted by Crippen LogP contribution is -2.16. The van der Waals surface area contributed by atoms with E-state index in [4.69, 9.17) is 4.74 Å². The van der Waals surface area contributed by atoms with Crippen LogP contribution >= 0.6 is 22.6 Å². The molecular weight excluding hydrogens is 377 g/mol. The number of non-ortho nitro benzene ring substituents is 1. The van der Waals surface area contributed by atoms with Crippen LogP contribution in [0.3, 0.4) is 0 Å². The van der Waals surface area contributed by atoms with Crippen molar-refractivity contribution in [3.05, 3.63) is 54.0 Å². The Morgan fingerprint density at radius 3 is 2.90 bits per heavy atom. The van der Waals surface area contributed by atoms with Crippen molar-refractivity contribution in [2.24, 2.45) is 0 Å². The molecule has 20 heavy (non-hydrogen) atoms. The maximum Gasteiger partial charge on any atom is 0.270 e. The molecule has 1 aromatic heterocycles. The van der Waals surface area contributed by atoms with Gasteiger partial charge in [-0.25, -0.2) is 4.98 Å². The molecule has 1 N–H and O–H groups in total. The van der Waals surface area contributed by atoms with Crippen molar-refractivity contribution in [3.63, 3.8) is 0 Å². The van der Waals surface area contributed by atoms with Crippen molar-refractivity contribution in [3.8, 4) is 11.4 Å². The smallest absolute Gasteiger partial charge is 0.270 e. The molecule has 0 fully saturated rings. The fourth-order valence-corrected chi connectivity index (χ4v) is 2.05. The highest BCUT2D eigenvalue weighted by atomic mass is 127. The lowest BCUT2D eigenvalue weighted by Gasteiger charge is -2.06. The predicted octanol–water partition coefficient (Wildman–Crippen LogP) is 2.10. The van der Waals surface area contributed by atoms with Crippen molar-refractivity contribution in [2.45, 2.75) is 6.61 Å². The third-order valence-electron chi connectivity index (χ3n) is 2.54. The summed E-state index contributed by atoms with van der Waals surface area (Å²) in [4.78, 5) is 29.0. The standard InChI is InChI=1S/C12H10IN3O4/c1-20-6-9-10(13)12(17)15-11(14-9)7-3-2-4-8(5-7)16(18)19/h2-5H,6H2,1H3,(H,14,15,17). The van der Waals surface area contributed by atoms with E-state index in [0.717, 1.165) is 0 Å². The van der Waals surface area contributed by atoms with Gasteiger partial charge < -0.3 is 9.72 Å². The second kappa shape index (κ2) is 6.09. The summed E-state index contributed by atoms with van der Waals surface area (Å²) < 4.78 is 5.43. The Labute approximate surface area is 127 Å². The normalized spacial score (nSPS) is 10.5. The second-order valence-corrected chi connectivity index (χ2v) is 4.99. The van der Waals surface area contributed by atoms with Gasteiger partial charge in [-0.15, -0.1) is 0 Å². The van der Waals surface area contributed by atoms with E-state index in [9.17, 15) is 14.9 Å². The van der Waals surface area contributed by atoms with Crippen molar-refractivity contribution < 1.29 is 9.66 Å². The van der Waals surface area contributed by atoms with Crippen LogP contribution in [-0.4, -0.2) is 22.0 Å². The summed E-state index contributed by atoms with van der Waals surface area (Å²) in [5.41, 5.74) is 0.620. The molecule has 0 bridgehead atoms. The highest BCUT2D eigenvalue weighted by Crippen LogP contribution is 2.21. The number of methoxy groups -OCH3 is 1. The Hall–Kier alpha value is -1.81. The highest BCUT2D eigenvalue weighted by molar-refractivity contribution is 14.1. The monoisotopic (exact) mass is 387 g/mol. The van der Waals surface area contributed by atoms with Gasteiger partial charge in [-0.3, -0.25) is 14.9 Å². The number of nitrogens with one attached hydrogen (secondary N) is 1. The number of nitrogens with zero attached hydrogens (tertiary/aromatic N) is 2. The number of aromatic amines is 1. The van der Waals surface area contributed by atoms with Crippen LogP contribution in [0, 0.1) is 13.7 Å². The Morgan fingerprint density at radius 2 is 2.25 bits per heavy atom. The van der Waals surface area contributed by atoms with Crippen LogP contribution in [0.25, 0.3) is 11.4 Å². The lowest BCUT2D eigenvalue weighted by atomic mass is 10.2. The molecule has 0 saturated heterocycles. The summed E-state index contributed by atoms with van der Waals surface area (Å²) in [6.45, 7) is 0.199. The number of H-pyrrole nitrogens is 1. The molecule has 0 aliphatic heterocycles.